The third-order valence-electron chi connectivity index (χ3n) is 3.14. The van der Waals surface area contributed by atoms with Gasteiger partial charge in [-0.2, -0.15) is 0 Å². The first kappa shape index (κ1) is 15.9. The zero-order valence-electron chi connectivity index (χ0n) is 12.2. The third kappa shape index (κ3) is 3.81. The number of aromatic nitrogens is 2. The van der Waals surface area contributed by atoms with Gasteiger partial charge in [-0.25, -0.2) is 4.98 Å². The van der Waals surface area contributed by atoms with E-state index in [1.807, 2.05) is 18.2 Å². The molecule has 0 saturated heterocycles. The summed E-state index contributed by atoms with van der Waals surface area (Å²) in [5, 5.41) is 0.247. The number of halogens is 1. The molecule has 0 aliphatic rings. The van der Waals surface area contributed by atoms with Crippen LogP contribution in [-0.2, 0) is 16.0 Å². The number of hydrogen-bond acceptors (Lipinski definition) is 4. The van der Waals surface area contributed by atoms with Crippen molar-refractivity contribution in [3.05, 3.63) is 40.4 Å². The fraction of sp³-hybridized carbons (Fsp3) is 0.467. The molecule has 5 nitrogen and oxygen atoms in total. The highest BCUT2D eigenvalue weighted by atomic mass is 35.5. The molecule has 1 atom stereocenters. The first-order valence-electron chi connectivity index (χ1n) is 6.85. The van der Waals surface area contributed by atoms with E-state index in [1.165, 1.54) is 0 Å². The monoisotopic (exact) mass is 310 g/mol. The second kappa shape index (κ2) is 7.54. The van der Waals surface area contributed by atoms with E-state index in [9.17, 15) is 4.79 Å². The largest absolute Gasteiger partial charge is 0.382 e. The zero-order valence-corrected chi connectivity index (χ0v) is 13.0. The second-order valence-corrected chi connectivity index (χ2v) is 5.32. The van der Waals surface area contributed by atoms with E-state index >= 15 is 0 Å². The summed E-state index contributed by atoms with van der Waals surface area (Å²) in [5.74, 6) is 0.565. The number of hydrogen-bond donors (Lipinski definition) is 0. The highest BCUT2D eigenvalue weighted by Crippen LogP contribution is 2.18. The molecule has 1 unspecified atom stereocenters. The molecule has 0 amide bonds. The summed E-state index contributed by atoms with van der Waals surface area (Å²) in [4.78, 5) is 17.1. The molecule has 0 spiro atoms. The van der Waals surface area contributed by atoms with Crippen LogP contribution in [0.1, 0.15) is 18.1 Å². The Morgan fingerprint density at radius 1 is 1.29 bits per heavy atom. The fourth-order valence-corrected chi connectivity index (χ4v) is 2.27. The van der Waals surface area contributed by atoms with E-state index in [0.29, 0.717) is 43.1 Å². The summed E-state index contributed by atoms with van der Waals surface area (Å²) in [6.45, 7) is 3.68. The molecule has 0 saturated carbocycles. The Kier molecular flexibility index (Phi) is 5.73. The Labute approximate surface area is 128 Å². The predicted molar refractivity (Wildman–Crippen MR) is 83.0 cm³/mol. The van der Waals surface area contributed by atoms with Crippen LogP contribution in [0, 0.1) is 0 Å². The molecule has 0 bridgehead atoms. The van der Waals surface area contributed by atoms with Crippen LogP contribution in [0.25, 0.3) is 10.9 Å². The maximum absolute atomic E-state index is 12.6. The van der Waals surface area contributed by atoms with Gasteiger partial charge in [-0.3, -0.25) is 9.36 Å². The van der Waals surface area contributed by atoms with Gasteiger partial charge in [0.1, 0.15) is 5.82 Å². The van der Waals surface area contributed by atoms with E-state index in [-0.39, 0.29) is 10.9 Å². The molecule has 0 fully saturated rings. The Hall–Kier alpha value is -1.43. The van der Waals surface area contributed by atoms with Gasteiger partial charge in [-0.1, -0.05) is 12.1 Å². The van der Waals surface area contributed by atoms with Crippen molar-refractivity contribution in [3.63, 3.8) is 0 Å². The average molecular weight is 311 g/mol. The number of rotatable bonds is 7. The lowest BCUT2D eigenvalue weighted by Crippen LogP contribution is -2.27. The molecule has 0 aliphatic heterocycles. The Morgan fingerprint density at radius 3 is 2.76 bits per heavy atom. The molecule has 0 aliphatic carbocycles. The topological polar surface area (TPSA) is 53.4 Å². The molecule has 0 N–H and O–H groups in total. The van der Waals surface area contributed by atoms with Crippen molar-refractivity contribution >= 4 is 22.5 Å². The number of methoxy groups -OCH3 is 1. The average Bonchev–Trinajstić information content (AvgIpc) is 2.48. The van der Waals surface area contributed by atoms with Crippen LogP contribution < -0.4 is 5.56 Å². The number of fused-ring (bicyclic) bond motifs is 1. The first-order chi connectivity index (χ1) is 10.1. The summed E-state index contributed by atoms with van der Waals surface area (Å²) < 4.78 is 11.9. The summed E-state index contributed by atoms with van der Waals surface area (Å²) >= 11 is 6.16. The minimum atomic E-state index is -0.346. The van der Waals surface area contributed by atoms with Crippen LogP contribution >= 0.6 is 11.6 Å². The Balaban J connectivity index is 2.29. The van der Waals surface area contributed by atoms with Gasteiger partial charge < -0.3 is 9.47 Å². The molecule has 1 heterocycles. The molecule has 6 heteroatoms. The summed E-state index contributed by atoms with van der Waals surface area (Å²) in [5.41, 5.74) is 0.583. The second-order valence-electron chi connectivity index (χ2n) is 4.67. The fourth-order valence-electron chi connectivity index (χ4n) is 2.11. The van der Waals surface area contributed by atoms with Crippen LogP contribution in [0.4, 0.5) is 0 Å². The minimum Gasteiger partial charge on any atom is -0.382 e. The standard InChI is InChI=1S/C15H19ClN2O3/c1-11(16)14-17-13-6-4-3-5-12(13)15(19)18(14)7-8-21-10-9-20-2/h3-6,11H,7-10H2,1-2H3. The Morgan fingerprint density at radius 2 is 2.05 bits per heavy atom. The highest BCUT2D eigenvalue weighted by Gasteiger charge is 2.14. The van der Waals surface area contributed by atoms with Crippen molar-refractivity contribution < 1.29 is 9.47 Å². The molecule has 2 rings (SSSR count). The van der Waals surface area contributed by atoms with E-state index in [0.717, 1.165) is 0 Å². The quantitative estimate of drug-likeness (QED) is 0.582. The molecular weight excluding hydrogens is 292 g/mol. The SMILES string of the molecule is COCCOCCn1c(C(C)Cl)nc2ccccc2c1=O. The number of alkyl halides is 1. The van der Waals surface area contributed by atoms with Gasteiger partial charge in [-0.15, -0.1) is 11.6 Å². The number of para-hydroxylation sites is 1. The van der Waals surface area contributed by atoms with Gasteiger partial charge in [0.05, 0.1) is 42.6 Å². The van der Waals surface area contributed by atoms with Crippen LogP contribution in [0.15, 0.2) is 29.1 Å². The highest BCUT2D eigenvalue weighted by molar-refractivity contribution is 6.20. The molecule has 0 radical (unpaired) electrons. The van der Waals surface area contributed by atoms with E-state index in [2.05, 4.69) is 4.98 Å². The summed E-state index contributed by atoms with van der Waals surface area (Å²) in [7, 11) is 1.62. The number of ether oxygens (including phenoxy) is 2. The molecular formula is C15H19ClN2O3. The van der Waals surface area contributed by atoms with E-state index in [1.54, 1.807) is 24.7 Å². The maximum Gasteiger partial charge on any atom is 0.261 e. The van der Waals surface area contributed by atoms with Crippen molar-refractivity contribution in [3.8, 4) is 0 Å². The van der Waals surface area contributed by atoms with Crippen molar-refractivity contribution in [1.29, 1.82) is 0 Å². The van der Waals surface area contributed by atoms with Crippen molar-refractivity contribution in [2.24, 2.45) is 0 Å². The first-order valence-corrected chi connectivity index (χ1v) is 7.29. The summed E-state index contributed by atoms with van der Waals surface area (Å²) in [6, 6.07) is 7.28. The zero-order chi connectivity index (χ0) is 15.2. The summed E-state index contributed by atoms with van der Waals surface area (Å²) in [6.07, 6.45) is 0. The van der Waals surface area contributed by atoms with Crippen molar-refractivity contribution in [2.45, 2.75) is 18.8 Å². The van der Waals surface area contributed by atoms with Gasteiger partial charge >= 0.3 is 0 Å². The number of nitrogens with zero attached hydrogens (tertiary/aromatic N) is 2. The van der Waals surface area contributed by atoms with Gasteiger partial charge in [-0.05, 0) is 19.1 Å². The van der Waals surface area contributed by atoms with Crippen molar-refractivity contribution in [1.82, 2.24) is 9.55 Å². The third-order valence-corrected chi connectivity index (χ3v) is 3.33. The van der Waals surface area contributed by atoms with Crippen LogP contribution in [0.5, 0.6) is 0 Å². The van der Waals surface area contributed by atoms with Gasteiger partial charge in [0.25, 0.3) is 5.56 Å². The van der Waals surface area contributed by atoms with Crippen LogP contribution in [-0.4, -0.2) is 36.5 Å². The Bertz CT molecular complexity index is 655. The minimum absolute atomic E-state index is 0.0848. The lowest BCUT2D eigenvalue weighted by molar-refractivity contribution is 0.0659. The normalized spacial score (nSPS) is 12.7. The molecule has 114 valence electrons. The lowest BCUT2D eigenvalue weighted by atomic mass is 10.2. The number of benzene rings is 1. The van der Waals surface area contributed by atoms with Crippen LogP contribution in [0.3, 0.4) is 0 Å². The van der Waals surface area contributed by atoms with E-state index in [4.69, 9.17) is 21.1 Å². The smallest absolute Gasteiger partial charge is 0.261 e. The van der Waals surface area contributed by atoms with E-state index < -0.39 is 0 Å². The predicted octanol–water partition coefficient (Wildman–Crippen LogP) is 2.36. The maximum atomic E-state index is 12.6. The molecule has 1 aromatic heterocycles. The van der Waals surface area contributed by atoms with Gasteiger partial charge in [0, 0.05) is 7.11 Å². The van der Waals surface area contributed by atoms with Gasteiger partial charge in [0.2, 0.25) is 0 Å². The molecule has 2 aromatic rings. The van der Waals surface area contributed by atoms with Crippen molar-refractivity contribution in [2.75, 3.05) is 26.9 Å². The molecule has 1 aromatic carbocycles. The van der Waals surface area contributed by atoms with Crippen LogP contribution in [0.2, 0.25) is 0 Å². The molecule has 21 heavy (non-hydrogen) atoms. The lowest BCUT2D eigenvalue weighted by Gasteiger charge is -2.15. The van der Waals surface area contributed by atoms with Gasteiger partial charge in [0.15, 0.2) is 0 Å².